The Hall–Kier alpha value is -0.380. The first-order chi connectivity index (χ1) is 7.50. The lowest BCUT2D eigenvalue weighted by Crippen LogP contribution is -2.19. The minimum absolute atomic E-state index is 0.263. The Morgan fingerprint density at radius 3 is 2.00 bits per heavy atom. The molecular formula is C10H21O5P. The zero-order valence-electron chi connectivity index (χ0n) is 10.4. The van der Waals surface area contributed by atoms with Gasteiger partial charge in [-0.15, -0.1) is 0 Å². The van der Waals surface area contributed by atoms with Gasteiger partial charge in [-0.1, -0.05) is 13.3 Å². The molecule has 5 nitrogen and oxygen atoms in total. The lowest BCUT2D eigenvalue weighted by molar-refractivity contribution is -0.144. The van der Waals surface area contributed by atoms with E-state index in [2.05, 4.69) is 0 Å². The first-order valence-electron chi connectivity index (χ1n) is 5.56. The van der Waals surface area contributed by atoms with Crippen LogP contribution >= 0.6 is 7.60 Å². The molecule has 1 atom stereocenters. The summed E-state index contributed by atoms with van der Waals surface area (Å²) in [6.07, 6.45) is 1.21. The number of carbonyl (C=O) groups is 1. The third-order valence-electron chi connectivity index (χ3n) is 1.81. The summed E-state index contributed by atoms with van der Waals surface area (Å²) in [6, 6.07) is 0. The van der Waals surface area contributed by atoms with Crippen molar-refractivity contribution in [3.8, 4) is 0 Å². The fourth-order valence-electron chi connectivity index (χ4n) is 1.28. The van der Waals surface area contributed by atoms with E-state index in [1.54, 1.807) is 13.8 Å². The number of ether oxygens (including phenoxy) is 1. The average molecular weight is 252 g/mol. The van der Waals surface area contributed by atoms with Crippen LogP contribution in [-0.4, -0.2) is 25.0 Å². The smallest absolute Gasteiger partial charge is 0.370 e. The summed E-state index contributed by atoms with van der Waals surface area (Å²) in [5.41, 5.74) is 0. The maximum Gasteiger partial charge on any atom is 0.370 e. The number of hydrogen-bond donors (Lipinski definition) is 0. The fourth-order valence-corrected chi connectivity index (χ4v) is 3.26. The Morgan fingerprint density at radius 2 is 1.69 bits per heavy atom. The molecule has 0 heterocycles. The summed E-state index contributed by atoms with van der Waals surface area (Å²) in [7, 11) is -3.34. The van der Waals surface area contributed by atoms with Crippen molar-refractivity contribution >= 4 is 13.6 Å². The third kappa shape index (κ3) is 5.10. The zero-order chi connectivity index (χ0) is 12.6. The summed E-state index contributed by atoms with van der Waals surface area (Å²) in [5, 5.41) is 0. The molecule has 16 heavy (non-hydrogen) atoms. The molecule has 0 saturated heterocycles. The van der Waals surface area contributed by atoms with Gasteiger partial charge in [0.25, 0.3) is 0 Å². The number of carbonyl (C=O) groups excluding carboxylic acids is 1. The molecule has 1 unspecified atom stereocenters. The number of rotatable bonds is 8. The summed E-state index contributed by atoms with van der Waals surface area (Å²) < 4.78 is 27.6. The first kappa shape index (κ1) is 15.6. The van der Waals surface area contributed by atoms with Crippen LogP contribution in [0.2, 0.25) is 0 Å². The molecule has 6 heteroatoms. The first-order valence-corrected chi connectivity index (χ1v) is 7.17. The normalized spacial score (nSPS) is 13.5. The van der Waals surface area contributed by atoms with Crippen LogP contribution in [0.25, 0.3) is 0 Å². The summed E-state index contributed by atoms with van der Waals surface area (Å²) in [6.45, 7) is 7.17. The highest BCUT2D eigenvalue weighted by Gasteiger charge is 2.37. The number of hydrogen-bond acceptors (Lipinski definition) is 5. The predicted molar refractivity (Wildman–Crippen MR) is 61.3 cm³/mol. The van der Waals surface area contributed by atoms with E-state index in [0.717, 1.165) is 6.42 Å². The highest BCUT2D eigenvalue weighted by atomic mass is 31.2. The van der Waals surface area contributed by atoms with Gasteiger partial charge in [-0.05, 0) is 20.3 Å². The molecule has 0 radical (unpaired) electrons. The zero-order valence-corrected chi connectivity index (χ0v) is 11.3. The van der Waals surface area contributed by atoms with E-state index in [0.29, 0.717) is 6.42 Å². The Balaban J connectivity index is 4.77. The van der Waals surface area contributed by atoms with Gasteiger partial charge in [0.05, 0.1) is 13.2 Å². The highest BCUT2D eigenvalue weighted by molar-refractivity contribution is 7.54. The molecule has 0 saturated carbocycles. The maximum absolute atomic E-state index is 12.3. The van der Waals surface area contributed by atoms with Crippen molar-refractivity contribution in [2.75, 3.05) is 13.2 Å². The minimum Gasteiger partial charge on any atom is -0.450 e. The van der Waals surface area contributed by atoms with Crippen LogP contribution in [0.3, 0.4) is 0 Å². The maximum atomic E-state index is 12.3. The van der Waals surface area contributed by atoms with Crippen molar-refractivity contribution in [1.29, 1.82) is 0 Å². The summed E-state index contributed by atoms with van der Waals surface area (Å²) in [5.74, 6) is -1.27. The van der Waals surface area contributed by atoms with Gasteiger partial charge in [-0.3, -0.25) is 9.36 Å². The Morgan fingerprint density at radius 1 is 1.19 bits per heavy atom. The van der Waals surface area contributed by atoms with E-state index in [1.807, 2.05) is 6.92 Å². The van der Waals surface area contributed by atoms with E-state index in [4.69, 9.17) is 13.8 Å². The van der Waals surface area contributed by atoms with Gasteiger partial charge in [-0.25, -0.2) is 0 Å². The summed E-state index contributed by atoms with van der Waals surface area (Å²) >= 11 is 0. The Labute approximate surface area is 97.0 Å². The lowest BCUT2D eigenvalue weighted by atomic mass is 10.4. The van der Waals surface area contributed by atoms with Crippen LogP contribution in [0.4, 0.5) is 0 Å². The largest absolute Gasteiger partial charge is 0.450 e. The molecule has 0 amide bonds. The topological polar surface area (TPSA) is 61.8 Å². The van der Waals surface area contributed by atoms with Crippen molar-refractivity contribution in [3.05, 3.63) is 0 Å². The van der Waals surface area contributed by atoms with Gasteiger partial charge < -0.3 is 13.8 Å². The molecule has 0 aliphatic rings. The van der Waals surface area contributed by atoms with Crippen molar-refractivity contribution in [2.45, 2.75) is 46.4 Å². The molecule has 0 spiro atoms. The average Bonchev–Trinajstić information content (AvgIpc) is 2.17. The minimum atomic E-state index is -3.34. The van der Waals surface area contributed by atoms with Crippen molar-refractivity contribution < 1.29 is 23.1 Å². The lowest BCUT2D eigenvalue weighted by Gasteiger charge is -2.25. The van der Waals surface area contributed by atoms with Crippen LogP contribution < -0.4 is 0 Å². The standard InChI is InChI=1S/C10H21O5P/c1-5-8-10(15-9(4)11)16(12,13-6-2)14-7-3/h10H,5-8H2,1-4H3. The van der Waals surface area contributed by atoms with Gasteiger partial charge >= 0.3 is 13.6 Å². The highest BCUT2D eigenvalue weighted by Crippen LogP contribution is 2.54. The quantitative estimate of drug-likeness (QED) is 0.491. The molecule has 0 fully saturated rings. The van der Waals surface area contributed by atoms with E-state index in [1.165, 1.54) is 6.92 Å². The van der Waals surface area contributed by atoms with Crippen LogP contribution in [0.5, 0.6) is 0 Å². The van der Waals surface area contributed by atoms with Gasteiger partial charge in [0, 0.05) is 6.92 Å². The molecule has 0 aliphatic heterocycles. The molecule has 0 aromatic carbocycles. The van der Waals surface area contributed by atoms with Gasteiger partial charge in [0.1, 0.15) is 0 Å². The Bertz CT molecular complexity index is 244. The molecule has 96 valence electrons. The second-order valence-corrected chi connectivity index (χ2v) is 5.40. The van der Waals surface area contributed by atoms with Crippen LogP contribution in [0.15, 0.2) is 0 Å². The second-order valence-electron chi connectivity index (χ2n) is 3.23. The molecular weight excluding hydrogens is 231 g/mol. The second kappa shape index (κ2) is 7.82. The van der Waals surface area contributed by atoms with Crippen molar-refractivity contribution in [2.24, 2.45) is 0 Å². The summed E-state index contributed by atoms with van der Waals surface area (Å²) in [4.78, 5) is 10.9. The van der Waals surface area contributed by atoms with E-state index < -0.39 is 19.4 Å². The van der Waals surface area contributed by atoms with E-state index in [9.17, 15) is 9.36 Å². The van der Waals surface area contributed by atoms with E-state index in [-0.39, 0.29) is 13.2 Å². The van der Waals surface area contributed by atoms with Crippen LogP contribution in [0.1, 0.15) is 40.5 Å². The van der Waals surface area contributed by atoms with Gasteiger partial charge in [0.2, 0.25) is 5.85 Å². The van der Waals surface area contributed by atoms with Gasteiger partial charge in [0.15, 0.2) is 0 Å². The Kier molecular flexibility index (Phi) is 7.64. The van der Waals surface area contributed by atoms with E-state index >= 15 is 0 Å². The number of esters is 1. The molecule has 0 aromatic heterocycles. The van der Waals surface area contributed by atoms with Crippen LogP contribution in [0, 0.1) is 0 Å². The van der Waals surface area contributed by atoms with Crippen molar-refractivity contribution in [1.82, 2.24) is 0 Å². The van der Waals surface area contributed by atoms with Crippen LogP contribution in [-0.2, 0) is 23.1 Å². The fraction of sp³-hybridized carbons (Fsp3) is 0.900. The molecule has 0 aliphatic carbocycles. The molecule has 0 bridgehead atoms. The molecule has 0 aromatic rings. The molecule has 0 rings (SSSR count). The third-order valence-corrected chi connectivity index (χ3v) is 4.11. The predicted octanol–water partition coefficient (Wildman–Crippen LogP) is 2.94. The SMILES string of the molecule is CCCC(OC(C)=O)P(=O)(OCC)OCC. The van der Waals surface area contributed by atoms with Gasteiger partial charge in [-0.2, -0.15) is 0 Å². The van der Waals surface area contributed by atoms with Crippen molar-refractivity contribution in [3.63, 3.8) is 0 Å². The monoisotopic (exact) mass is 252 g/mol. The molecule has 0 N–H and O–H groups in total.